The number of rotatable bonds is 8. The minimum atomic E-state index is -0.109. The van der Waals surface area contributed by atoms with Gasteiger partial charge in [-0.15, -0.1) is 0 Å². The van der Waals surface area contributed by atoms with E-state index in [0.29, 0.717) is 12.5 Å². The Bertz CT molecular complexity index is 734. The standard InChI is InChI=1S/C22H30N2O3/c1-16(2)18-9-8-17(3)13-21(18)27-15-22(25)23-14-19(20-7-6-12-26-20)24-10-4-5-11-24/h6-9,12-13,16,19H,4-5,10-11,14-15H2,1-3H3,(H,23,25)/t19-/m0/s1. The first-order chi connectivity index (χ1) is 13.0. The molecule has 0 unspecified atom stereocenters. The minimum Gasteiger partial charge on any atom is -0.483 e. The van der Waals surface area contributed by atoms with E-state index < -0.39 is 0 Å². The van der Waals surface area contributed by atoms with Crippen molar-refractivity contribution >= 4 is 5.91 Å². The van der Waals surface area contributed by atoms with Gasteiger partial charge in [0.1, 0.15) is 11.5 Å². The summed E-state index contributed by atoms with van der Waals surface area (Å²) in [6, 6.07) is 10.1. The Hall–Kier alpha value is -2.27. The van der Waals surface area contributed by atoms with Gasteiger partial charge in [-0.2, -0.15) is 0 Å². The second kappa shape index (κ2) is 9.09. The van der Waals surface area contributed by atoms with E-state index in [4.69, 9.17) is 9.15 Å². The average Bonchev–Trinajstić information content (AvgIpc) is 3.34. The Morgan fingerprint density at radius 2 is 2.04 bits per heavy atom. The summed E-state index contributed by atoms with van der Waals surface area (Å²) in [6.07, 6.45) is 4.08. The number of nitrogens with one attached hydrogen (secondary N) is 1. The molecule has 1 aliphatic rings. The van der Waals surface area contributed by atoms with Crippen LogP contribution in [0.15, 0.2) is 41.0 Å². The molecule has 0 spiro atoms. The van der Waals surface area contributed by atoms with Crippen molar-refractivity contribution < 1.29 is 13.9 Å². The van der Waals surface area contributed by atoms with Crippen molar-refractivity contribution in [3.63, 3.8) is 0 Å². The first-order valence-corrected chi connectivity index (χ1v) is 9.82. The zero-order chi connectivity index (χ0) is 19.2. The summed E-state index contributed by atoms with van der Waals surface area (Å²) in [5.74, 6) is 1.94. The van der Waals surface area contributed by atoms with Gasteiger partial charge in [0.05, 0.1) is 12.3 Å². The highest BCUT2D eigenvalue weighted by Crippen LogP contribution is 2.27. The summed E-state index contributed by atoms with van der Waals surface area (Å²) >= 11 is 0. The van der Waals surface area contributed by atoms with Crippen LogP contribution in [-0.4, -0.2) is 37.0 Å². The number of amides is 1. The lowest BCUT2D eigenvalue weighted by atomic mass is 10.0. The Labute approximate surface area is 161 Å². The predicted molar refractivity (Wildman–Crippen MR) is 106 cm³/mol. The fourth-order valence-electron chi connectivity index (χ4n) is 3.59. The number of benzene rings is 1. The Kier molecular flexibility index (Phi) is 6.56. The summed E-state index contributed by atoms with van der Waals surface area (Å²) in [6.45, 7) is 8.91. The summed E-state index contributed by atoms with van der Waals surface area (Å²) in [7, 11) is 0. The molecule has 1 fully saturated rings. The van der Waals surface area contributed by atoms with Crippen LogP contribution in [0.1, 0.15) is 55.5 Å². The van der Waals surface area contributed by atoms with Gasteiger partial charge < -0.3 is 14.5 Å². The number of carbonyl (C=O) groups excluding carboxylic acids is 1. The van der Waals surface area contributed by atoms with Crippen LogP contribution < -0.4 is 10.1 Å². The van der Waals surface area contributed by atoms with Crippen molar-refractivity contribution in [3.8, 4) is 5.75 Å². The maximum atomic E-state index is 12.4. The van der Waals surface area contributed by atoms with Crippen LogP contribution in [-0.2, 0) is 4.79 Å². The molecule has 146 valence electrons. The van der Waals surface area contributed by atoms with Crippen molar-refractivity contribution in [1.29, 1.82) is 0 Å². The van der Waals surface area contributed by atoms with E-state index in [1.54, 1.807) is 6.26 Å². The SMILES string of the molecule is Cc1ccc(C(C)C)c(OCC(=O)NC[C@@H](c2ccco2)N2CCCC2)c1. The molecule has 0 bridgehead atoms. The molecule has 1 N–H and O–H groups in total. The molecule has 2 heterocycles. The molecule has 0 saturated carbocycles. The van der Waals surface area contributed by atoms with Gasteiger partial charge in [-0.1, -0.05) is 26.0 Å². The Morgan fingerprint density at radius 1 is 1.26 bits per heavy atom. The summed E-state index contributed by atoms with van der Waals surface area (Å²) < 4.78 is 11.4. The summed E-state index contributed by atoms with van der Waals surface area (Å²) in [5.41, 5.74) is 2.25. The number of likely N-dealkylation sites (tertiary alicyclic amines) is 1. The monoisotopic (exact) mass is 370 g/mol. The maximum absolute atomic E-state index is 12.4. The molecule has 5 nitrogen and oxygen atoms in total. The first-order valence-electron chi connectivity index (χ1n) is 9.82. The first kappa shape index (κ1) is 19.5. The molecule has 1 aromatic heterocycles. The molecule has 1 saturated heterocycles. The van der Waals surface area contributed by atoms with Crippen LogP contribution in [0, 0.1) is 6.92 Å². The zero-order valence-corrected chi connectivity index (χ0v) is 16.5. The lowest BCUT2D eigenvalue weighted by molar-refractivity contribution is -0.123. The number of ether oxygens (including phenoxy) is 1. The molecular formula is C22H30N2O3. The second-order valence-corrected chi connectivity index (χ2v) is 7.56. The smallest absolute Gasteiger partial charge is 0.258 e. The fraction of sp³-hybridized carbons (Fsp3) is 0.500. The largest absolute Gasteiger partial charge is 0.483 e. The number of furan rings is 1. The molecule has 1 amide bonds. The van der Waals surface area contributed by atoms with Gasteiger partial charge in [0.2, 0.25) is 0 Å². The molecule has 2 aromatic rings. The molecule has 27 heavy (non-hydrogen) atoms. The number of nitrogens with zero attached hydrogens (tertiary/aromatic N) is 1. The van der Waals surface area contributed by atoms with E-state index in [9.17, 15) is 4.79 Å². The van der Waals surface area contributed by atoms with E-state index in [2.05, 4.69) is 36.2 Å². The van der Waals surface area contributed by atoms with E-state index in [-0.39, 0.29) is 18.6 Å². The third-order valence-corrected chi connectivity index (χ3v) is 5.10. The third-order valence-electron chi connectivity index (χ3n) is 5.10. The highest BCUT2D eigenvalue weighted by molar-refractivity contribution is 5.77. The van der Waals surface area contributed by atoms with Gasteiger partial charge in [-0.3, -0.25) is 9.69 Å². The lowest BCUT2D eigenvalue weighted by Crippen LogP contribution is -2.38. The van der Waals surface area contributed by atoms with Crippen molar-refractivity contribution in [3.05, 3.63) is 53.5 Å². The molecule has 3 rings (SSSR count). The molecule has 1 aromatic carbocycles. The van der Waals surface area contributed by atoms with Gasteiger partial charge in [-0.05, 0) is 68.1 Å². The van der Waals surface area contributed by atoms with Crippen molar-refractivity contribution in [2.24, 2.45) is 0 Å². The number of hydrogen-bond acceptors (Lipinski definition) is 4. The van der Waals surface area contributed by atoms with E-state index in [1.165, 1.54) is 12.8 Å². The van der Waals surface area contributed by atoms with Gasteiger partial charge >= 0.3 is 0 Å². The highest BCUT2D eigenvalue weighted by atomic mass is 16.5. The fourth-order valence-corrected chi connectivity index (χ4v) is 3.59. The summed E-state index contributed by atoms with van der Waals surface area (Å²) in [4.78, 5) is 14.8. The van der Waals surface area contributed by atoms with Crippen molar-refractivity contribution in [2.45, 2.75) is 45.6 Å². The van der Waals surface area contributed by atoms with Crippen LogP contribution in [0.3, 0.4) is 0 Å². The molecule has 1 aliphatic heterocycles. The lowest BCUT2D eigenvalue weighted by Gasteiger charge is -2.26. The number of aryl methyl sites for hydroxylation is 1. The van der Waals surface area contributed by atoms with Gasteiger partial charge in [0, 0.05) is 6.54 Å². The quantitative estimate of drug-likeness (QED) is 0.762. The topological polar surface area (TPSA) is 54.7 Å². The van der Waals surface area contributed by atoms with Gasteiger partial charge in [0.15, 0.2) is 6.61 Å². The highest BCUT2D eigenvalue weighted by Gasteiger charge is 2.26. The van der Waals surface area contributed by atoms with Crippen LogP contribution in [0.4, 0.5) is 0 Å². The number of hydrogen-bond donors (Lipinski definition) is 1. The van der Waals surface area contributed by atoms with Gasteiger partial charge in [0.25, 0.3) is 5.91 Å². The van der Waals surface area contributed by atoms with E-state index in [1.807, 2.05) is 25.1 Å². The molecule has 5 heteroatoms. The van der Waals surface area contributed by atoms with Crippen LogP contribution in [0.2, 0.25) is 0 Å². The zero-order valence-electron chi connectivity index (χ0n) is 16.5. The second-order valence-electron chi connectivity index (χ2n) is 7.56. The van der Waals surface area contributed by atoms with Gasteiger partial charge in [-0.25, -0.2) is 0 Å². The Morgan fingerprint density at radius 3 is 2.70 bits per heavy atom. The predicted octanol–water partition coefficient (Wildman–Crippen LogP) is 4.04. The van der Waals surface area contributed by atoms with Crippen molar-refractivity contribution in [1.82, 2.24) is 10.2 Å². The normalized spacial score (nSPS) is 15.9. The molecular weight excluding hydrogens is 340 g/mol. The van der Waals surface area contributed by atoms with Crippen LogP contribution in [0.5, 0.6) is 5.75 Å². The van der Waals surface area contributed by atoms with E-state index >= 15 is 0 Å². The Balaban J connectivity index is 1.57. The van der Waals surface area contributed by atoms with Crippen LogP contribution in [0.25, 0.3) is 0 Å². The number of carbonyl (C=O) groups is 1. The maximum Gasteiger partial charge on any atom is 0.258 e. The van der Waals surface area contributed by atoms with E-state index in [0.717, 1.165) is 35.7 Å². The minimum absolute atomic E-state index is 0.0219. The summed E-state index contributed by atoms with van der Waals surface area (Å²) in [5, 5.41) is 3.02. The average molecular weight is 370 g/mol. The molecule has 1 atom stereocenters. The van der Waals surface area contributed by atoms with Crippen LogP contribution >= 0.6 is 0 Å². The van der Waals surface area contributed by atoms with Crippen molar-refractivity contribution in [2.75, 3.05) is 26.2 Å². The molecule has 0 radical (unpaired) electrons. The molecule has 0 aliphatic carbocycles. The third kappa shape index (κ3) is 5.13.